The van der Waals surface area contributed by atoms with Crippen molar-refractivity contribution in [1.82, 2.24) is 14.9 Å². The van der Waals surface area contributed by atoms with Crippen LogP contribution in [-0.2, 0) is 9.53 Å². The second kappa shape index (κ2) is 9.38. The number of hydrogen-bond donors (Lipinski definition) is 1. The smallest absolute Gasteiger partial charge is 0.321 e. The lowest BCUT2D eigenvalue weighted by Crippen LogP contribution is -2.44. The van der Waals surface area contributed by atoms with Gasteiger partial charge in [0.2, 0.25) is 0 Å². The first kappa shape index (κ1) is 21.7. The highest BCUT2D eigenvalue weighted by Gasteiger charge is 2.29. The molecule has 2 amide bonds. The third-order valence-corrected chi connectivity index (χ3v) is 5.75. The van der Waals surface area contributed by atoms with Crippen LogP contribution in [0.25, 0.3) is 33.9 Å². The highest BCUT2D eigenvalue weighted by atomic mass is 16.5. The first-order valence-electron chi connectivity index (χ1n) is 11.2. The number of esters is 1. The summed E-state index contributed by atoms with van der Waals surface area (Å²) in [5.41, 5.74) is 2.95. The highest BCUT2D eigenvalue weighted by Crippen LogP contribution is 2.32. The number of rotatable bonds is 5. The molecule has 4 aromatic rings. The molecule has 34 heavy (non-hydrogen) atoms. The fraction of sp³-hybridized carbons (Fsp3) is 0.280. The van der Waals surface area contributed by atoms with E-state index < -0.39 is 0 Å². The van der Waals surface area contributed by atoms with Gasteiger partial charge in [-0.15, -0.1) is 0 Å². The van der Waals surface area contributed by atoms with Crippen LogP contribution in [0.1, 0.15) is 19.8 Å². The number of nitrogens with zero attached hydrogens (tertiary/aromatic N) is 3. The Balaban J connectivity index is 1.40. The maximum absolute atomic E-state index is 12.9. The van der Waals surface area contributed by atoms with Crippen molar-refractivity contribution in [1.29, 1.82) is 0 Å². The highest BCUT2D eigenvalue weighted by molar-refractivity contribution is 5.93. The summed E-state index contributed by atoms with van der Waals surface area (Å²) in [4.78, 5) is 36.2. The SMILES string of the molecule is CCOC(=O)C1CCCN(C(=O)Nc2ccc3nc(-c4ccco4)c(-c4ccco4)nc3c2)C1. The standard InChI is InChI=1S/C25H24N4O5/c1-2-32-24(30)16-6-3-11-29(15-16)25(31)26-17-9-10-18-19(14-17)28-23(21-8-5-13-34-21)22(27-18)20-7-4-12-33-20/h4-5,7-10,12-14,16H,2-3,6,11,15H2,1H3,(H,26,31). The minimum Gasteiger partial charge on any atom is -0.466 e. The number of aromatic nitrogens is 2. The van der Waals surface area contributed by atoms with Crippen molar-refractivity contribution >= 4 is 28.7 Å². The minimum atomic E-state index is -0.294. The van der Waals surface area contributed by atoms with Crippen molar-refractivity contribution in [3.05, 3.63) is 55.0 Å². The van der Waals surface area contributed by atoms with Crippen LogP contribution in [0.4, 0.5) is 10.5 Å². The molecule has 1 aromatic carbocycles. The van der Waals surface area contributed by atoms with Crippen molar-refractivity contribution < 1.29 is 23.2 Å². The topological polar surface area (TPSA) is 111 Å². The lowest BCUT2D eigenvalue weighted by atomic mass is 9.98. The molecule has 0 saturated carbocycles. The first-order valence-corrected chi connectivity index (χ1v) is 11.2. The quantitative estimate of drug-likeness (QED) is 0.419. The molecule has 174 valence electrons. The van der Waals surface area contributed by atoms with Crippen molar-refractivity contribution in [2.75, 3.05) is 25.0 Å². The van der Waals surface area contributed by atoms with Crippen LogP contribution in [0.3, 0.4) is 0 Å². The van der Waals surface area contributed by atoms with Gasteiger partial charge >= 0.3 is 12.0 Å². The van der Waals surface area contributed by atoms with Crippen LogP contribution >= 0.6 is 0 Å². The molecule has 9 nitrogen and oxygen atoms in total. The number of furan rings is 2. The van der Waals surface area contributed by atoms with Crippen LogP contribution in [0, 0.1) is 5.92 Å². The van der Waals surface area contributed by atoms with Gasteiger partial charge in [0, 0.05) is 18.8 Å². The summed E-state index contributed by atoms with van der Waals surface area (Å²) in [6.45, 7) is 3.04. The average molecular weight is 460 g/mol. The Morgan fingerprint density at radius 1 is 1.06 bits per heavy atom. The van der Waals surface area contributed by atoms with E-state index in [0.29, 0.717) is 59.3 Å². The summed E-state index contributed by atoms with van der Waals surface area (Å²) in [6.07, 6.45) is 4.63. The molecule has 9 heteroatoms. The predicted molar refractivity (Wildman–Crippen MR) is 125 cm³/mol. The van der Waals surface area contributed by atoms with E-state index in [1.807, 2.05) is 12.1 Å². The van der Waals surface area contributed by atoms with Gasteiger partial charge in [-0.2, -0.15) is 0 Å². The third-order valence-electron chi connectivity index (χ3n) is 5.75. The molecule has 1 saturated heterocycles. The number of amides is 2. The fourth-order valence-corrected chi connectivity index (χ4v) is 4.12. The number of nitrogens with one attached hydrogen (secondary N) is 1. The summed E-state index contributed by atoms with van der Waals surface area (Å²) in [7, 11) is 0. The van der Waals surface area contributed by atoms with E-state index in [2.05, 4.69) is 5.32 Å². The number of likely N-dealkylation sites (tertiary alicyclic amines) is 1. The monoisotopic (exact) mass is 460 g/mol. The molecule has 0 spiro atoms. The van der Waals surface area contributed by atoms with E-state index in [4.69, 9.17) is 23.5 Å². The Hall–Kier alpha value is -4.14. The molecule has 1 N–H and O–H groups in total. The van der Waals surface area contributed by atoms with E-state index in [1.54, 1.807) is 54.7 Å². The molecular weight excluding hydrogens is 436 g/mol. The van der Waals surface area contributed by atoms with Crippen molar-refractivity contribution in [3.63, 3.8) is 0 Å². The van der Waals surface area contributed by atoms with Crippen LogP contribution in [0.2, 0.25) is 0 Å². The van der Waals surface area contributed by atoms with E-state index in [0.717, 1.165) is 12.8 Å². The zero-order chi connectivity index (χ0) is 23.5. The molecule has 5 rings (SSSR count). The normalized spacial score (nSPS) is 15.9. The summed E-state index contributed by atoms with van der Waals surface area (Å²) < 4.78 is 16.2. The first-order chi connectivity index (χ1) is 16.6. The Bertz CT molecular complexity index is 1300. The lowest BCUT2D eigenvalue weighted by Gasteiger charge is -2.31. The van der Waals surface area contributed by atoms with Crippen LogP contribution in [0.5, 0.6) is 0 Å². The van der Waals surface area contributed by atoms with Gasteiger partial charge in [0.1, 0.15) is 11.4 Å². The van der Waals surface area contributed by atoms with Crippen LogP contribution in [-0.4, -0.2) is 46.6 Å². The van der Waals surface area contributed by atoms with Crippen LogP contribution < -0.4 is 5.32 Å². The number of anilines is 1. The molecular formula is C25H24N4O5. The molecule has 1 atom stereocenters. The van der Waals surface area contributed by atoms with Crippen molar-refractivity contribution in [2.24, 2.45) is 5.92 Å². The number of carbonyl (C=O) groups excluding carboxylic acids is 2. The molecule has 0 bridgehead atoms. The van der Waals surface area contributed by atoms with Gasteiger partial charge in [-0.3, -0.25) is 4.79 Å². The number of benzene rings is 1. The number of hydrogen-bond acceptors (Lipinski definition) is 7. The molecule has 1 aliphatic rings. The zero-order valence-corrected chi connectivity index (χ0v) is 18.7. The van der Waals surface area contributed by atoms with Gasteiger partial charge in [0.25, 0.3) is 0 Å². The van der Waals surface area contributed by atoms with Gasteiger partial charge in [0.15, 0.2) is 11.5 Å². The molecule has 1 unspecified atom stereocenters. The van der Waals surface area contributed by atoms with E-state index in [-0.39, 0.29) is 17.9 Å². The Morgan fingerprint density at radius 3 is 2.41 bits per heavy atom. The van der Waals surface area contributed by atoms with Crippen molar-refractivity contribution in [2.45, 2.75) is 19.8 Å². The number of urea groups is 1. The summed E-state index contributed by atoms with van der Waals surface area (Å²) >= 11 is 0. The van der Waals surface area contributed by atoms with Gasteiger partial charge in [-0.05, 0) is 62.2 Å². The second-order valence-electron chi connectivity index (χ2n) is 8.05. The van der Waals surface area contributed by atoms with Gasteiger partial charge in [-0.25, -0.2) is 14.8 Å². The maximum atomic E-state index is 12.9. The number of ether oxygens (including phenoxy) is 1. The van der Waals surface area contributed by atoms with Gasteiger partial charge in [-0.1, -0.05) is 0 Å². The predicted octanol–water partition coefficient (Wildman–Crippen LogP) is 4.96. The molecule has 0 aliphatic carbocycles. The molecule has 0 radical (unpaired) electrons. The van der Waals surface area contributed by atoms with E-state index >= 15 is 0 Å². The number of fused-ring (bicyclic) bond motifs is 1. The van der Waals surface area contributed by atoms with Crippen molar-refractivity contribution in [3.8, 4) is 22.9 Å². The largest absolute Gasteiger partial charge is 0.466 e. The summed E-state index contributed by atoms with van der Waals surface area (Å²) in [5.74, 6) is 0.601. The third kappa shape index (κ3) is 4.36. The molecule has 1 aliphatic heterocycles. The maximum Gasteiger partial charge on any atom is 0.321 e. The molecule has 4 heterocycles. The molecule has 1 fully saturated rings. The Kier molecular flexibility index (Phi) is 5.99. The zero-order valence-electron chi connectivity index (χ0n) is 18.7. The average Bonchev–Trinajstić information content (AvgIpc) is 3.58. The summed E-state index contributed by atoms with van der Waals surface area (Å²) in [5, 5.41) is 2.92. The number of carbonyl (C=O) groups is 2. The Labute approximate surface area is 195 Å². The molecule has 3 aromatic heterocycles. The van der Waals surface area contributed by atoms with Crippen LogP contribution in [0.15, 0.2) is 63.8 Å². The summed E-state index contributed by atoms with van der Waals surface area (Å²) in [6, 6.07) is 12.3. The Morgan fingerprint density at radius 2 is 1.76 bits per heavy atom. The van der Waals surface area contributed by atoms with E-state index in [1.165, 1.54) is 0 Å². The van der Waals surface area contributed by atoms with Gasteiger partial charge < -0.3 is 23.8 Å². The fourth-order valence-electron chi connectivity index (χ4n) is 4.12. The van der Waals surface area contributed by atoms with Gasteiger partial charge in [0.05, 0.1) is 36.1 Å². The van der Waals surface area contributed by atoms with E-state index in [9.17, 15) is 9.59 Å². The lowest BCUT2D eigenvalue weighted by molar-refractivity contribution is -0.149. The number of piperidine rings is 1. The second-order valence-corrected chi connectivity index (χ2v) is 8.05. The minimum absolute atomic E-state index is 0.251.